The topological polar surface area (TPSA) is 37.8 Å². The fourth-order valence-electron chi connectivity index (χ4n) is 3.16. The van der Waals surface area contributed by atoms with Crippen LogP contribution in [0.25, 0.3) is 33.8 Å². The number of nitrogens with zero attached hydrogens (tertiary/aromatic N) is 2. The van der Waals surface area contributed by atoms with Crippen molar-refractivity contribution in [2.75, 3.05) is 11.9 Å². The zero-order valence-corrected chi connectivity index (χ0v) is 15.3. The zero-order valence-electron chi connectivity index (χ0n) is 15.3. The van der Waals surface area contributed by atoms with E-state index in [0.717, 1.165) is 46.1 Å². The van der Waals surface area contributed by atoms with Gasteiger partial charge in [-0.25, -0.2) is 9.97 Å². The van der Waals surface area contributed by atoms with Crippen LogP contribution in [0.4, 0.5) is 5.82 Å². The van der Waals surface area contributed by atoms with Crippen molar-refractivity contribution in [3.63, 3.8) is 0 Å². The minimum atomic E-state index is 0.727. The van der Waals surface area contributed by atoms with Gasteiger partial charge in [-0.3, -0.25) is 0 Å². The fourth-order valence-corrected chi connectivity index (χ4v) is 3.16. The summed E-state index contributed by atoms with van der Waals surface area (Å²) in [5.41, 5.74) is 5.16. The maximum atomic E-state index is 4.98. The number of hydrogen-bond acceptors (Lipinski definition) is 3. The van der Waals surface area contributed by atoms with Crippen LogP contribution in [0.1, 0.15) is 6.92 Å². The van der Waals surface area contributed by atoms with E-state index in [0.29, 0.717) is 0 Å². The Hall–Kier alpha value is -3.46. The zero-order chi connectivity index (χ0) is 18.5. The van der Waals surface area contributed by atoms with E-state index in [1.807, 2.05) is 66.7 Å². The standard InChI is InChI=1S/C24H21N3/c1-2-25-24-21(18-12-6-3-7-13-18)22(19-14-8-4-9-15-19)26-23(27-24)20-16-10-5-11-17-20/h3-17H,2H2,1H3,(H,25,26,27). The third-order valence-corrected chi connectivity index (χ3v) is 4.39. The minimum absolute atomic E-state index is 0.727. The Bertz CT molecular complexity index is 1010. The lowest BCUT2D eigenvalue weighted by molar-refractivity contribution is 1.12. The molecular weight excluding hydrogens is 330 g/mol. The van der Waals surface area contributed by atoms with Crippen LogP contribution in [-0.4, -0.2) is 16.5 Å². The van der Waals surface area contributed by atoms with Gasteiger partial charge in [0.25, 0.3) is 0 Å². The second kappa shape index (κ2) is 7.83. The normalized spacial score (nSPS) is 10.6. The van der Waals surface area contributed by atoms with Crippen molar-refractivity contribution in [3.05, 3.63) is 91.0 Å². The molecular formula is C24H21N3. The average Bonchev–Trinajstić information content (AvgIpc) is 2.75. The van der Waals surface area contributed by atoms with Crippen molar-refractivity contribution in [2.24, 2.45) is 0 Å². The van der Waals surface area contributed by atoms with Crippen molar-refractivity contribution in [1.82, 2.24) is 9.97 Å². The molecule has 0 saturated carbocycles. The SMILES string of the molecule is CCNc1nc(-c2ccccc2)nc(-c2ccccc2)c1-c1ccccc1. The van der Waals surface area contributed by atoms with Crippen LogP contribution in [0.2, 0.25) is 0 Å². The first-order valence-corrected chi connectivity index (χ1v) is 9.19. The summed E-state index contributed by atoms with van der Waals surface area (Å²) in [6.45, 7) is 2.88. The van der Waals surface area contributed by atoms with Crippen molar-refractivity contribution >= 4 is 5.82 Å². The highest BCUT2D eigenvalue weighted by atomic mass is 15.0. The molecule has 1 heterocycles. The summed E-state index contributed by atoms with van der Waals surface area (Å²) in [5, 5.41) is 3.44. The van der Waals surface area contributed by atoms with E-state index in [4.69, 9.17) is 9.97 Å². The number of benzene rings is 3. The molecule has 1 aromatic heterocycles. The van der Waals surface area contributed by atoms with E-state index in [1.165, 1.54) is 0 Å². The summed E-state index contributed by atoms with van der Waals surface area (Å²) in [7, 11) is 0. The lowest BCUT2D eigenvalue weighted by atomic mass is 9.99. The van der Waals surface area contributed by atoms with Gasteiger partial charge in [0, 0.05) is 17.7 Å². The third-order valence-electron chi connectivity index (χ3n) is 4.39. The highest BCUT2D eigenvalue weighted by Gasteiger charge is 2.18. The van der Waals surface area contributed by atoms with Gasteiger partial charge in [0.05, 0.1) is 11.3 Å². The molecule has 132 valence electrons. The molecule has 3 nitrogen and oxygen atoms in total. The maximum Gasteiger partial charge on any atom is 0.162 e. The predicted octanol–water partition coefficient (Wildman–Crippen LogP) is 5.91. The summed E-state index contributed by atoms with van der Waals surface area (Å²) in [5.74, 6) is 1.58. The molecule has 0 aliphatic heterocycles. The molecule has 0 aliphatic rings. The van der Waals surface area contributed by atoms with Gasteiger partial charge in [0.2, 0.25) is 0 Å². The molecule has 27 heavy (non-hydrogen) atoms. The molecule has 0 unspecified atom stereocenters. The smallest absolute Gasteiger partial charge is 0.162 e. The van der Waals surface area contributed by atoms with E-state index in [9.17, 15) is 0 Å². The largest absolute Gasteiger partial charge is 0.370 e. The Morgan fingerprint density at radius 1 is 0.630 bits per heavy atom. The van der Waals surface area contributed by atoms with Gasteiger partial charge in [-0.2, -0.15) is 0 Å². The fraction of sp³-hybridized carbons (Fsp3) is 0.0833. The molecule has 0 saturated heterocycles. The van der Waals surface area contributed by atoms with Gasteiger partial charge in [-0.05, 0) is 12.5 Å². The molecule has 0 atom stereocenters. The summed E-state index contributed by atoms with van der Waals surface area (Å²) in [4.78, 5) is 9.85. The molecule has 3 heteroatoms. The number of anilines is 1. The lowest BCUT2D eigenvalue weighted by Gasteiger charge is -2.17. The van der Waals surface area contributed by atoms with Crippen molar-refractivity contribution in [2.45, 2.75) is 6.92 Å². The molecule has 0 amide bonds. The van der Waals surface area contributed by atoms with Crippen LogP contribution in [0, 0.1) is 0 Å². The van der Waals surface area contributed by atoms with Crippen LogP contribution >= 0.6 is 0 Å². The average molecular weight is 351 g/mol. The summed E-state index contributed by atoms with van der Waals surface area (Å²) in [6.07, 6.45) is 0. The molecule has 0 fully saturated rings. The van der Waals surface area contributed by atoms with Crippen LogP contribution in [0.15, 0.2) is 91.0 Å². The van der Waals surface area contributed by atoms with E-state index in [2.05, 4.69) is 36.5 Å². The van der Waals surface area contributed by atoms with E-state index in [1.54, 1.807) is 0 Å². The molecule has 4 rings (SSSR count). The predicted molar refractivity (Wildman–Crippen MR) is 113 cm³/mol. The van der Waals surface area contributed by atoms with Gasteiger partial charge in [-0.15, -0.1) is 0 Å². The van der Waals surface area contributed by atoms with Crippen LogP contribution in [0.3, 0.4) is 0 Å². The van der Waals surface area contributed by atoms with Gasteiger partial charge in [0.15, 0.2) is 5.82 Å². The molecule has 0 bridgehead atoms. The summed E-state index contributed by atoms with van der Waals surface area (Å²) >= 11 is 0. The van der Waals surface area contributed by atoms with Gasteiger partial charge >= 0.3 is 0 Å². The summed E-state index contributed by atoms with van der Waals surface area (Å²) < 4.78 is 0. The second-order valence-corrected chi connectivity index (χ2v) is 6.25. The first-order chi connectivity index (χ1) is 13.4. The molecule has 3 aromatic carbocycles. The number of rotatable bonds is 5. The van der Waals surface area contributed by atoms with E-state index >= 15 is 0 Å². The molecule has 4 aromatic rings. The Morgan fingerprint density at radius 3 is 1.70 bits per heavy atom. The van der Waals surface area contributed by atoms with E-state index < -0.39 is 0 Å². The van der Waals surface area contributed by atoms with Crippen molar-refractivity contribution < 1.29 is 0 Å². The van der Waals surface area contributed by atoms with Crippen molar-refractivity contribution in [1.29, 1.82) is 0 Å². The minimum Gasteiger partial charge on any atom is -0.370 e. The highest BCUT2D eigenvalue weighted by Crippen LogP contribution is 2.37. The quantitative estimate of drug-likeness (QED) is 0.486. The molecule has 0 spiro atoms. The number of nitrogens with one attached hydrogen (secondary N) is 1. The van der Waals surface area contributed by atoms with Gasteiger partial charge in [-0.1, -0.05) is 91.0 Å². The van der Waals surface area contributed by atoms with Crippen LogP contribution in [-0.2, 0) is 0 Å². The first kappa shape index (κ1) is 17.0. The Balaban J connectivity index is 2.01. The van der Waals surface area contributed by atoms with E-state index in [-0.39, 0.29) is 0 Å². The molecule has 1 N–H and O–H groups in total. The van der Waals surface area contributed by atoms with Crippen molar-refractivity contribution in [3.8, 4) is 33.8 Å². The van der Waals surface area contributed by atoms with Crippen LogP contribution in [0.5, 0.6) is 0 Å². The third kappa shape index (κ3) is 3.58. The monoisotopic (exact) mass is 351 g/mol. The Kier molecular flexibility index (Phi) is 4.93. The first-order valence-electron chi connectivity index (χ1n) is 9.19. The molecule has 0 aliphatic carbocycles. The number of aromatic nitrogens is 2. The Morgan fingerprint density at radius 2 is 1.15 bits per heavy atom. The van der Waals surface area contributed by atoms with Gasteiger partial charge in [0.1, 0.15) is 5.82 Å². The highest BCUT2D eigenvalue weighted by molar-refractivity contribution is 5.89. The Labute approximate surface area is 159 Å². The maximum absolute atomic E-state index is 4.98. The second-order valence-electron chi connectivity index (χ2n) is 6.25. The summed E-state index contributed by atoms with van der Waals surface area (Å²) in [6, 6.07) is 30.8. The lowest BCUT2D eigenvalue weighted by Crippen LogP contribution is -2.06. The number of hydrogen-bond donors (Lipinski definition) is 1. The van der Waals surface area contributed by atoms with Crippen LogP contribution < -0.4 is 5.32 Å². The molecule has 0 radical (unpaired) electrons. The van der Waals surface area contributed by atoms with Gasteiger partial charge < -0.3 is 5.32 Å².